The first kappa shape index (κ1) is 15.2. The third kappa shape index (κ3) is 2.94. The van der Waals surface area contributed by atoms with Gasteiger partial charge in [-0.1, -0.05) is 11.6 Å². The van der Waals surface area contributed by atoms with Crippen molar-refractivity contribution in [1.29, 1.82) is 0 Å². The average Bonchev–Trinajstić information content (AvgIpc) is 2.41. The molecule has 1 fully saturated rings. The lowest BCUT2D eigenvalue weighted by atomic mass is 10.0. The largest absolute Gasteiger partial charge is 0.481 e. The summed E-state index contributed by atoms with van der Waals surface area (Å²) in [6, 6.07) is 3.27. The molecule has 1 aromatic rings. The Bertz CT molecular complexity index is 634. The zero-order valence-electron chi connectivity index (χ0n) is 10.4. The van der Waals surface area contributed by atoms with Crippen LogP contribution in [-0.2, 0) is 14.8 Å². The number of rotatable bonds is 3. The van der Waals surface area contributed by atoms with Gasteiger partial charge in [0.05, 0.1) is 5.92 Å². The molecule has 0 spiro atoms. The minimum Gasteiger partial charge on any atom is -0.481 e. The fourth-order valence-corrected chi connectivity index (χ4v) is 4.03. The molecule has 1 unspecified atom stereocenters. The zero-order chi connectivity index (χ0) is 14.9. The van der Waals surface area contributed by atoms with Gasteiger partial charge in [-0.05, 0) is 31.0 Å². The van der Waals surface area contributed by atoms with Crippen molar-refractivity contribution in [3.05, 3.63) is 29.0 Å². The highest BCUT2D eigenvalue weighted by molar-refractivity contribution is 7.89. The summed E-state index contributed by atoms with van der Waals surface area (Å²) in [7, 11) is -4.07. The van der Waals surface area contributed by atoms with Crippen LogP contribution in [0.5, 0.6) is 0 Å². The lowest BCUT2D eigenvalue weighted by Gasteiger charge is -2.29. The standard InChI is InChI=1S/C12H13ClFNO4S/c13-9-3-4-10(14)11(6-9)20(18,19)15-5-1-2-8(7-15)12(16)17/h3-4,6,8H,1-2,5,7H2,(H,16,17). The number of piperidine rings is 1. The highest BCUT2D eigenvalue weighted by atomic mass is 35.5. The Labute approximate surface area is 121 Å². The zero-order valence-corrected chi connectivity index (χ0v) is 12.0. The highest BCUT2D eigenvalue weighted by Gasteiger charge is 2.34. The number of carboxylic acids is 1. The van der Waals surface area contributed by atoms with Crippen molar-refractivity contribution < 1.29 is 22.7 Å². The second-order valence-electron chi connectivity index (χ2n) is 4.62. The maximum Gasteiger partial charge on any atom is 0.307 e. The smallest absolute Gasteiger partial charge is 0.307 e. The van der Waals surface area contributed by atoms with Gasteiger partial charge in [0, 0.05) is 18.1 Å². The Kier molecular flexibility index (Phi) is 4.31. The summed E-state index contributed by atoms with van der Waals surface area (Å²) in [6.07, 6.45) is 0.845. The Morgan fingerprint density at radius 3 is 2.80 bits per heavy atom. The fraction of sp³-hybridized carbons (Fsp3) is 0.417. The molecule has 110 valence electrons. The fourth-order valence-electron chi connectivity index (χ4n) is 2.18. The van der Waals surface area contributed by atoms with E-state index in [1.165, 1.54) is 6.07 Å². The third-order valence-corrected chi connectivity index (χ3v) is 5.36. The van der Waals surface area contributed by atoms with Crippen LogP contribution in [0.4, 0.5) is 4.39 Å². The Balaban J connectivity index is 2.35. The van der Waals surface area contributed by atoms with Crippen molar-refractivity contribution in [2.24, 2.45) is 5.92 Å². The van der Waals surface area contributed by atoms with E-state index in [1.807, 2.05) is 0 Å². The van der Waals surface area contributed by atoms with Gasteiger partial charge in [-0.3, -0.25) is 4.79 Å². The lowest BCUT2D eigenvalue weighted by molar-refractivity contribution is -0.142. The van der Waals surface area contributed by atoms with E-state index in [0.717, 1.165) is 16.4 Å². The number of hydrogen-bond donors (Lipinski definition) is 1. The number of nitrogens with zero attached hydrogens (tertiary/aromatic N) is 1. The van der Waals surface area contributed by atoms with Crippen molar-refractivity contribution in [3.63, 3.8) is 0 Å². The molecular formula is C12H13ClFNO4S. The molecule has 1 aliphatic heterocycles. The van der Waals surface area contributed by atoms with Crippen LogP contribution in [0.25, 0.3) is 0 Å². The van der Waals surface area contributed by atoms with Gasteiger partial charge in [-0.15, -0.1) is 0 Å². The Morgan fingerprint density at radius 1 is 1.45 bits per heavy atom. The molecule has 0 bridgehead atoms. The summed E-state index contributed by atoms with van der Waals surface area (Å²) in [6.45, 7) is 0.0295. The first-order valence-electron chi connectivity index (χ1n) is 6.00. The monoisotopic (exact) mass is 321 g/mol. The Morgan fingerprint density at radius 2 is 2.15 bits per heavy atom. The van der Waals surface area contributed by atoms with Crippen LogP contribution in [0.2, 0.25) is 5.02 Å². The molecule has 1 aliphatic rings. The minimum atomic E-state index is -4.07. The molecule has 5 nitrogen and oxygen atoms in total. The SMILES string of the molecule is O=C(O)C1CCCN(S(=O)(=O)c2cc(Cl)ccc2F)C1. The summed E-state index contributed by atoms with van der Waals surface area (Å²) < 4.78 is 39.4. The molecule has 0 aliphatic carbocycles. The van der Waals surface area contributed by atoms with E-state index in [1.54, 1.807) is 0 Å². The van der Waals surface area contributed by atoms with Crippen LogP contribution in [0.1, 0.15) is 12.8 Å². The first-order chi connectivity index (χ1) is 9.32. The second-order valence-corrected chi connectivity index (χ2v) is 6.96. The van der Waals surface area contributed by atoms with Crippen LogP contribution in [-0.4, -0.2) is 36.9 Å². The second kappa shape index (κ2) is 5.67. The first-order valence-corrected chi connectivity index (χ1v) is 7.82. The molecule has 1 N–H and O–H groups in total. The van der Waals surface area contributed by atoms with Crippen molar-refractivity contribution in [2.75, 3.05) is 13.1 Å². The number of halogens is 2. The highest BCUT2D eigenvalue weighted by Crippen LogP contribution is 2.27. The molecule has 8 heteroatoms. The molecular weight excluding hydrogens is 309 g/mol. The van der Waals surface area contributed by atoms with Crippen LogP contribution in [0.3, 0.4) is 0 Å². The van der Waals surface area contributed by atoms with E-state index in [0.29, 0.717) is 12.8 Å². The summed E-state index contributed by atoms with van der Waals surface area (Å²) >= 11 is 5.70. The van der Waals surface area contributed by atoms with Gasteiger partial charge in [0.2, 0.25) is 10.0 Å². The summed E-state index contributed by atoms with van der Waals surface area (Å²) in [4.78, 5) is 10.5. The summed E-state index contributed by atoms with van der Waals surface area (Å²) in [5, 5.41) is 9.08. The van der Waals surface area contributed by atoms with Gasteiger partial charge in [-0.25, -0.2) is 12.8 Å². The number of benzene rings is 1. The number of hydrogen-bond acceptors (Lipinski definition) is 3. The molecule has 0 radical (unpaired) electrons. The summed E-state index contributed by atoms with van der Waals surface area (Å²) in [5.74, 6) is -2.70. The van der Waals surface area contributed by atoms with E-state index < -0.39 is 32.6 Å². The van der Waals surface area contributed by atoms with E-state index >= 15 is 0 Å². The quantitative estimate of drug-likeness (QED) is 0.923. The van der Waals surface area contributed by atoms with Gasteiger partial charge in [0.15, 0.2) is 0 Å². The molecule has 1 atom stereocenters. The number of aliphatic carboxylic acids is 1. The molecule has 1 heterocycles. The van der Waals surface area contributed by atoms with Crippen molar-refractivity contribution in [1.82, 2.24) is 4.31 Å². The van der Waals surface area contributed by atoms with Crippen LogP contribution < -0.4 is 0 Å². The molecule has 0 amide bonds. The minimum absolute atomic E-state index is 0.108. The molecule has 2 rings (SSSR count). The van der Waals surface area contributed by atoms with E-state index in [2.05, 4.69) is 0 Å². The molecule has 1 aromatic carbocycles. The third-order valence-electron chi connectivity index (χ3n) is 3.24. The van der Waals surface area contributed by atoms with Crippen LogP contribution in [0.15, 0.2) is 23.1 Å². The van der Waals surface area contributed by atoms with E-state index in [9.17, 15) is 17.6 Å². The average molecular weight is 322 g/mol. The molecule has 20 heavy (non-hydrogen) atoms. The van der Waals surface area contributed by atoms with Crippen molar-refractivity contribution in [3.8, 4) is 0 Å². The van der Waals surface area contributed by atoms with Crippen molar-refractivity contribution >= 4 is 27.6 Å². The van der Waals surface area contributed by atoms with E-state index in [-0.39, 0.29) is 18.1 Å². The van der Waals surface area contributed by atoms with Gasteiger partial charge in [0.25, 0.3) is 0 Å². The van der Waals surface area contributed by atoms with Crippen LogP contribution >= 0.6 is 11.6 Å². The summed E-state index contributed by atoms with van der Waals surface area (Å²) in [5.41, 5.74) is 0. The van der Waals surface area contributed by atoms with Gasteiger partial charge in [0.1, 0.15) is 10.7 Å². The topological polar surface area (TPSA) is 74.7 Å². The molecule has 0 aromatic heterocycles. The number of carboxylic acid groups (broad SMARTS) is 1. The predicted molar refractivity (Wildman–Crippen MR) is 70.5 cm³/mol. The Hall–Kier alpha value is -1.18. The normalized spacial score (nSPS) is 20.8. The maximum absolute atomic E-state index is 13.7. The van der Waals surface area contributed by atoms with Gasteiger partial charge in [-0.2, -0.15) is 4.31 Å². The maximum atomic E-state index is 13.7. The van der Waals surface area contributed by atoms with Gasteiger partial charge >= 0.3 is 5.97 Å². The number of carbonyl (C=O) groups is 1. The lowest BCUT2D eigenvalue weighted by Crippen LogP contribution is -2.42. The van der Waals surface area contributed by atoms with Gasteiger partial charge < -0.3 is 5.11 Å². The number of sulfonamides is 1. The molecule has 0 saturated carbocycles. The molecule has 1 saturated heterocycles. The van der Waals surface area contributed by atoms with Crippen LogP contribution in [0, 0.1) is 11.7 Å². The van der Waals surface area contributed by atoms with E-state index in [4.69, 9.17) is 16.7 Å². The predicted octanol–water partition coefficient (Wildman–Crippen LogP) is 1.96. The van der Waals surface area contributed by atoms with Crippen molar-refractivity contribution in [2.45, 2.75) is 17.7 Å².